The number of rotatable bonds is 6. The van der Waals surface area contributed by atoms with Gasteiger partial charge in [-0.15, -0.1) is 0 Å². The molecule has 0 fully saturated rings. The van der Waals surface area contributed by atoms with Crippen LogP contribution in [0.4, 0.5) is 0 Å². The molecule has 1 amide bonds. The van der Waals surface area contributed by atoms with Crippen molar-refractivity contribution in [3.63, 3.8) is 0 Å². The van der Waals surface area contributed by atoms with E-state index >= 15 is 0 Å². The molecule has 5 nitrogen and oxygen atoms in total. The zero-order chi connectivity index (χ0) is 13.8. The molecular formula is C13H21NO4. The summed E-state index contributed by atoms with van der Waals surface area (Å²) in [5.41, 5.74) is 0.196. The molecule has 1 heterocycles. The highest BCUT2D eigenvalue weighted by molar-refractivity contribution is 5.93. The van der Waals surface area contributed by atoms with Crippen LogP contribution in [0.5, 0.6) is 0 Å². The van der Waals surface area contributed by atoms with Crippen LogP contribution < -0.4 is 5.32 Å². The Morgan fingerprint density at radius 2 is 2.22 bits per heavy atom. The lowest BCUT2D eigenvalue weighted by molar-refractivity contribution is 0.0702. The van der Waals surface area contributed by atoms with E-state index in [1.807, 2.05) is 19.9 Å². The van der Waals surface area contributed by atoms with Gasteiger partial charge in [-0.05, 0) is 33.3 Å². The molecule has 0 saturated heterocycles. The number of carbonyl (C=O) groups is 1. The first-order chi connectivity index (χ1) is 8.41. The molecule has 1 aromatic rings. The maximum Gasteiger partial charge on any atom is 0.287 e. The average Bonchev–Trinajstić information content (AvgIpc) is 2.58. The highest BCUT2D eigenvalue weighted by Gasteiger charge is 2.28. The Bertz CT molecular complexity index is 405. The number of nitrogens with one attached hydrogen (secondary N) is 1. The van der Waals surface area contributed by atoms with Crippen molar-refractivity contribution in [2.24, 2.45) is 0 Å². The van der Waals surface area contributed by atoms with E-state index in [9.17, 15) is 4.79 Å². The third-order valence-electron chi connectivity index (χ3n) is 2.79. The summed E-state index contributed by atoms with van der Waals surface area (Å²) in [5.74, 6) is 0.731. The number of ether oxygens (including phenoxy) is 1. The fourth-order valence-electron chi connectivity index (χ4n) is 1.93. The van der Waals surface area contributed by atoms with Crippen LogP contribution in [-0.2, 0) is 4.74 Å². The number of amides is 1. The number of aliphatic hydroxyl groups excluding tert-OH is 1. The van der Waals surface area contributed by atoms with Crippen LogP contribution in [-0.4, -0.2) is 36.9 Å². The Morgan fingerprint density at radius 3 is 2.67 bits per heavy atom. The predicted octanol–water partition coefficient (Wildman–Crippen LogP) is 1.41. The van der Waals surface area contributed by atoms with Gasteiger partial charge in [-0.2, -0.15) is 0 Å². The van der Waals surface area contributed by atoms with Crippen LogP contribution >= 0.6 is 0 Å². The maximum atomic E-state index is 12.1. The van der Waals surface area contributed by atoms with Crippen molar-refractivity contribution in [1.82, 2.24) is 5.32 Å². The third-order valence-corrected chi connectivity index (χ3v) is 2.79. The molecule has 1 rings (SSSR count). The smallest absolute Gasteiger partial charge is 0.287 e. The SMILES string of the molecule is COCC(C)(CCO)NC(=O)c1oc(C)cc1C. The van der Waals surface area contributed by atoms with Crippen LogP contribution in [0.15, 0.2) is 10.5 Å². The molecule has 1 unspecified atom stereocenters. The quantitative estimate of drug-likeness (QED) is 0.806. The summed E-state index contributed by atoms with van der Waals surface area (Å²) in [6.07, 6.45) is 0.422. The minimum Gasteiger partial charge on any atom is -0.456 e. The van der Waals surface area contributed by atoms with E-state index in [0.717, 1.165) is 5.56 Å². The van der Waals surface area contributed by atoms with Gasteiger partial charge in [0.2, 0.25) is 0 Å². The summed E-state index contributed by atoms with van der Waals surface area (Å²) < 4.78 is 10.4. The number of aliphatic hydroxyl groups is 1. The molecule has 0 aromatic carbocycles. The first kappa shape index (κ1) is 14.7. The number of methoxy groups -OCH3 is 1. The molecule has 18 heavy (non-hydrogen) atoms. The highest BCUT2D eigenvalue weighted by atomic mass is 16.5. The summed E-state index contributed by atoms with van der Waals surface area (Å²) in [5, 5.41) is 11.9. The van der Waals surface area contributed by atoms with Gasteiger partial charge >= 0.3 is 0 Å². The lowest BCUT2D eigenvalue weighted by Gasteiger charge is -2.29. The number of furan rings is 1. The zero-order valence-electron chi connectivity index (χ0n) is 11.4. The Labute approximate surface area is 107 Å². The predicted molar refractivity (Wildman–Crippen MR) is 67.6 cm³/mol. The highest BCUT2D eigenvalue weighted by Crippen LogP contribution is 2.16. The standard InChI is InChI=1S/C13H21NO4/c1-9-7-10(2)18-11(9)12(16)14-13(3,5-6-15)8-17-4/h7,15H,5-6,8H2,1-4H3,(H,14,16). The molecule has 0 radical (unpaired) electrons. The monoisotopic (exact) mass is 255 g/mol. The van der Waals surface area contributed by atoms with Gasteiger partial charge in [0, 0.05) is 19.3 Å². The van der Waals surface area contributed by atoms with Crippen molar-refractivity contribution in [1.29, 1.82) is 0 Å². The van der Waals surface area contributed by atoms with Gasteiger partial charge in [0.25, 0.3) is 5.91 Å². The second kappa shape index (κ2) is 6.02. The molecule has 2 N–H and O–H groups in total. The van der Waals surface area contributed by atoms with Gasteiger partial charge in [-0.1, -0.05) is 0 Å². The summed E-state index contributed by atoms with van der Waals surface area (Å²) in [6.45, 7) is 5.76. The molecule has 0 aliphatic carbocycles. The molecular weight excluding hydrogens is 234 g/mol. The van der Waals surface area contributed by atoms with Crippen molar-refractivity contribution < 1.29 is 19.1 Å². The number of carbonyl (C=O) groups excluding carboxylic acids is 1. The van der Waals surface area contributed by atoms with Gasteiger partial charge in [-0.3, -0.25) is 4.79 Å². The molecule has 0 saturated carbocycles. The van der Waals surface area contributed by atoms with Crippen LogP contribution in [0.3, 0.4) is 0 Å². The second-order valence-electron chi connectivity index (χ2n) is 4.79. The fourth-order valence-corrected chi connectivity index (χ4v) is 1.93. The number of hydrogen-bond acceptors (Lipinski definition) is 4. The number of hydrogen-bond donors (Lipinski definition) is 2. The normalized spacial score (nSPS) is 14.3. The van der Waals surface area contributed by atoms with E-state index in [1.54, 1.807) is 14.0 Å². The molecule has 0 spiro atoms. The summed E-state index contributed by atoms with van der Waals surface area (Å²) in [4.78, 5) is 12.1. The molecule has 0 aliphatic heterocycles. The van der Waals surface area contributed by atoms with E-state index < -0.39 is 5.54 Å². The molecule has 0 aliphatic rings. The molecule has 5 heteroatoms. The van der Waals surface area contributed by atoms with E-state index in [0.29, 0.717) is 24.5 Å². The summed E-state index contributed by atoms with van der Waals surface area (Å²) in [7, 11) is 1.56. The van der Waals surface area contributed by atoms with Gasteiger partial charge < -0.3 is 19.6 Å². The Hall–Kier alpha value is -1.33. The van der Waals surface area contributed by atoms with Crippen molar-refractivity contribution in [2.45, 2.75) is 32.7 Å². The molecule has 1 atom stereocenters. The van der Waals surface area contributed by atoms with Crippen molar-refractivity contribution >= 4 is 5.91 Å². The minimum absolute atomic E-state index is 0.0176. The van der Waals surface area contributed by atoms with E-state index in [-0.39, 0.29) is 12.5 Å². The Morgan fingerprint density at radius 1 is 1.56 bits per heavy atom. The second-order valence-corrected chi connectivity index (χ2v) is 4.79. The topological polar surface area (TPSA) is 71.7 Å². The number of aryl methyl sites for hydroxylation is 2. The van der Waals surface area contributed by atoms with Gasteiger partial charge in [-0.25, -0.2) is 0 Å². The van der Waals surface area contributed by atoms with Gasteiger partial charge in [0.1, 0.15) is 5.76 Å². The van der Waals surface area contributed by atoms with E-state index in [2.05, 4.69) is 5.32 Å². The first-order valence-electron chi connectivity index (χ1n) is 5.91. The Kier molecular flexibility index (Phi) is 4.93. The van der Waals surface area contributed by atoms with Crippen molar-refractivity contribution in [3.05, 3.63) is 23.2 Å². The first-order valence-corrected chi connectivity index (χ1v) is 5.91. The van der Waals surface area contributed by atoms with Crippen LogP contribution in [0.1, 0.15) is 35.2 Å². The summed E-state index contributed by atoms with van der Waals surface area (Å²) in [6, 6.07) is 1.81. The van der Waals surface area contributed by atoms with Crippen molar-refractivity contribution in [3.8, 4) is 0 Å². The molecule has 0 bridgehead atoms. The largest absolute Gasteiger partial charge is 0.456 e. The van der Waals surface area contributed by atoms with E-state index in [1.165, 1.54) is 0 Å². The molecule has 102 valence electrons. The zero-order valence-corrected chi connectivity index (χ0v) is 11.4. The lowest BCUT2D eigenvalue weighted by atomic mass is 9.99. The van der Waals surface area contributed by atoms with Crippen LogP contribution in [0.2, 0.25) is 0 Å². The average molecular weight is 255 g/mol. The maximum absolute atomic E-state index is 12.1. The Balaban J connectivity index is 2.81. The summed E-state index contributed by atoms with van der Waals surface area (Å²) >= 11 is 0. The van der Waals surface area contributed by atoms with Gasteiger partial charge in [0.15, 0.2) is 5.76 Å². The third kappa shape index (κ3) is 3.58. The minimum atomic E-state index is -0.603. The fraction of sp³-hybridized carbons (Fsp3) is 0.615. The van der Waals surface area contributed by atoms with Crippen LogP contribution in [0.25, 0.3) is 0 Å². The van der Waals surface area contributed by atoms with Crippen LogP contribution in [0, 0.1) is 13.8 Å². The molecule has 1 aromatic heterocycles. The van der Waals surface area contributed by atoms with Crippen molar-refractivity contribution in [2.75, 3.05) is 20.3 Å². The van der Waals surface area contributed by atoms with E-state index in [4.69, 9.17) is 14.3 Å². The lowest BCUT2D eigenvalue weighted by Crippen LogP contribution is -2.50. The van der Waals surface area contributed by atoms with Gasteiger partial charge in [0.05, 0.1) is 12.1 Å².